The van der Waals surface area contributed by atoms with Gasteiger partial charge in [-0.3, -0.25) is 14.3 Å². The maximum absolute atomic E-state index is 13.8. The molecule has 1 atom stereocenters. The SMILES string of the molecule is COc1ccc2c(c1)C(=O)C(C1=CS(=O)(=O)c3cc(NS(C)(=O)=O)ccc3N1)C(=O)N2Cc1ccc(F)cc1. The summed E-state index contributed by atoms with van der Waals surface area (Å²) >= 11 is 0. The van der Waals surface area contributed by atoms with Crippen molar-refractivity contribution in [1.29, 1.82) is 0 Å². The average molecular weight is 572 g/mol. The average Bonchev–Trinajstić information content (AvgIpc) is 2.86. The molecule has 10 nitrogen and oxygen atoms in total. The van der Waals surface area contributed by atoms with Crippen LogP contribution in [0.4, 0.5) is 21.5 Å². The second-order valence-electron chi connectivity index (χ2n) is 9.06. The molecule has 0 saturated heterocycles. The van der Waals surface area contributed by atoms with Gasteiger partial charge in [0.05, 0.1) is 41.6 Å². The van der Waals surface area contributed by atoms with Crippen molar-refractivity contribution in [1.82, 2.24) is 0 Å². The Balaban J connectivity index is 1.58. The molecule has 3 aromatic carbocycles. The molecule has 0 spiro atoms. The summed E-state index contributed by atoms with van der Waals surface area (Å²) in [5, 5.41) is 3.69. The fourth-order valence-corrected chi connectivity index (χ4v) is 6.45. The number of rotatable bonds is 6. The Labute approximate surface area is 224 Å². The Hall–Kier alpha value is -4.23. The predicted molar refractivity (Wildman–Crippen MR) is 142 cm³/mol. The van der Waals surface area contributed by atoms with E-state index in [1.54, 1.807) is 12.1 Å². The van der Waals surface area contributed by atoms with Gasteiger partial charge in [-0.25, -0.2) is 21.2 Å². The van der Waals surface area contributed by atoms with Crippen LogP contribution in [0.3, 0.4) is 0 Å². The second kappa shape index (κ2) is 9.50. The van der Waals surface area contributed by atoms with Gasteiger partial charge >= 0.3 is 0 Å². The number of hydrogen-bond donors (Lipinski definition) is 2. The van der Waals surface area contributed by atoms with E-state index < -0.39 is 43.3 Å². The molecule has 1 unspecified atom stereocenters. The molecular weight excluding hydrogens is 549 g/mol. The summed E-state index contributed by atoms with van der Waals surface area (Å²) in [6.07, 6.45) is 0.933. The van der Waals surface area contributed by atoms with Gasteiger partial charge in [-0.15, -0.1) is 0 Å². The third-order valence-corrected chi connectivity index (χ3v) is 8.37. The predicted octanol–water partition coefficient (Wildman–Crippen LogP) is 3.29. The zero-order valence-electron chi connectivity index (χ0n) is 20.6. The van der Waals surface area contributed by atoms with Crippen LogP contribution in [0.2, 0.25) is 0 Å². The topological polar surface area (TPSA) is 139 Å². The lowest BCUT2D eigenvalue weighted by atomic mass is 9.87. The van der Waals surface area contributed by atoms with Crippen LogP contribution >= 0.6 is 0 Å². The number of Topliss-reactive ketones (excluding diaryl/α,β-unsaturated/α-hetero) is 1. The van der Waals surface area contributed by atoms with E-state index in [-0.39, 0.29) is 34.1 Å². The molecule has 0 fully saturated rings. The quantitative estimate of drug-likeness (QED) is 0.430. The van der Waals surface area contributed by atoms with E-state index in [1.807, 2.05) is 0 Å². The first-order chi connectivity index (χ1) is 18.4. The Morgan fingerprint density at radius 3 is 2.44 bits per heavy atom. The molecule has 2 aliphatic heterocycles. The van der Waals surface area contributed by atoms with Crippen LogP contribution in [-0.4, -0.2) is 41.9 Å². The maximum Gasteiger partial charge on any atom is 0.244 e. The number of carbonyl (C=O) groups excluding carboxylic acids is 2. The summed E-state index contributed by atoms with van der Waals surface area (Å²) in [6, 6.07) is 14.0. The van der Waals surface area contributed by atoms with Crippen molar-refractivity contribution in [2.24, 2.45) is 5.92 Å². The van der Waals surface area contributed by atoms with Gasteiger partial charge in [-0.2, -0.15) is 0 Å². The fraction of sp³-hybridized carbons (Fsp3) is 0.154. The van der Waals surface area contributed by atoms with Crippen LogP contribution in [0.25, 0.3) is 0 Å². The minimum atomic E-state index is -4.19. The van der Waals surface area contributed by atoms with E-state index in [4.69, 9.17) is 4.74 Å². The summed E-state index contributed by atoms with van der Waals surface area (Å²) in [4.78, 5) is 28.6. The molecule has 3 aromatic rings. The van der Waals surface area contributed by atoms with Gasteiger partial charge in [0.1, 0.15) is 17.5 Å². The number of nitrogens with zero attached hydrogens (tertiary/aromatic N) is 1. The van der Waals surface area contributed by atoms with Gasteiger partial charge < -0.3 is 15.0 Å². The molecule has 5 rings (SSSR count). The number of benzene rings is 3. The first kappa shape index (κ1) is 26.4. The number of methoxy groups -OCH3 is 1. The van der Waals surface area contributed by atoms with E-state index in [9.17, 15) is 30.8 Å². The molecule has 2 aliphatic rings. The number of anilines is 3. The highest BCUT2D eigenvalue weighted by Crippen LogP contribution is 2.40. The maximum atomic E-state index is 13.8. The molecule has 1 amide bonds. The Morgan fingerprint density at radius 1 is 1.05 bits per heavy atom. The van der Waals surface area contributed by atoms with E-state index in [2.05, 4.69) is 10.0 Å². The summed E-state index contributed by atoms with van der Waals surface area (Å²) in [6.45, 7) is -0.000635. The van der Waals surface area contributed by atoms with Crippen molar-refractivity contribution in [2.45, 2.75) is 11.4 Å². The zero-order chi connectivity index (χ0) is 28.1. The minimum absolute atomic E-state index is 0.000635. The summed E-state index contributed by atoms with van der Waals surface area (Å²) in [5.74, 6) is -2.91. The number of nitrogens with one attached hydrogen (secondary N) is 2. The fourth-order valence-electron chi connectivity index (χ4n) is 4.52. The smallest absolute Gasteiger partial charge is 0.244 e. The lowest BCUT2D eigenvalue weighted by Gasteiger charge is -2.35. The standard InChI is InChI=1S/C26H22FN3O7S2/c1-37-18-8-10-22-19(12-18)25(31)24(26(32)30(22)13-15-3-5-16(27)6-4-15)21-14-39(35,36)23-11-17(29-38(2,33)34)7-9-20(23)28-21/h3-12,14,24,28-29H,13H2,1-2H3. The molecule has 0 radical (unpaired) electrons. The normalized spacial score (nSPS) is 18.0. The van der Waals surface area contributed by atoms with Gasteiger partial charge in [-0.1, -0.05) is 12.1 Å². The van der Waals surface area contributed by atoms with Crippen molar-refractivity contribution < 1.29 is 35.6 Å². The molecule has 13 heteroatoms. The number of ketones is 1. The molecular formula is C26H22FN3O7S2. The highest BCUT2D eigenvalue weighted by atomic mass is 32.2. The number of sulfone groups is 1. The molecule has 0 saturated carbocycles. The number of fused-ring (bicyclic) bond motifs is 2. The molecule has 2 N–H and O–H groups in total. The first-order valence-corrected chi connectivity index (χ1v) is 14.9. The van der Waals surface area contributed by atoms with Crippen molar-refractivity contribution in [3.05, 3.63) is 88.7 Å². The highest BCUT2D eigenvalue weighted by Gasteiger charge is 2.44. The number of halogens is 1. The van der Waals surface area contributed by atoms with E-state index in [0.29, 0.717) is 17.0 Å². The van der Waals surface area contributed by atoms with Crippen LogP contribution in [-0.2, 0) is 31.2 Å². The van der Waals surface area contributed by atoms with Crippen LogP contribution in [0.15, 0.2) is 76.7 Å². The lowest BCUT2D eigenvalue weighted by Crippen LogP contribution is -2.46. The Morgan fingerprint density at radius 2 is 1.77 bits per heavy atom. The summed E-state index contributed by atoms with van der Waals surface area (Å²) in [5.41, 5.74) is 1.01. The van der Waals surface area contributed by atoms with Gasteiger partial charge in [-0.05, 0) is 54.1 Å². The minimum Gasteiger partial charge on any atom is -0.497 e. The van der Waals surface area contributed by atoms with Crippen LogP contribution in [0.1, 0.15) is 15.9 Å². The number of ether oxygens (including phenoxy) is 1. The van der Waals surface area contributed by atoms with Gasteiger partial charge in [0.25, 0.3) is 0 Å². The monoisotopic (exact) mass is 571 g/mol. The number of hydrogen-bond acceptors (Lipinski definition) is 8. The summed E-state index contributed by atoms with van der Waals surface area (Å²) in [7, 11) is -6.42. The van der Waals surface area contributed by atoms with Crippen molar-refractivity contribution in [3.8, 4) is 5.75 Å². The molecule has 39 heavy (non-hydrogen) atoms. The largest absolute Gasteiger partial charge is 0.497 e. The number of sulfonamides is 1. The summed E-state index contributed by atoms with van der Waals surface area (Å²) < 4.78 is 70.6. The third-order valence-electron chi connectivity index (χ3n) is 6.25. The van der Waals surface area contributed by atoms with E-state index in [0.717, 1.165) is 17.7 Å². The molecule has 0 aliphatic carbocycles. The van der Waals surface area contributed by atoms with Crippen LogP contribution < -0.4 is 19.7 Å². The van der Waals surface area contributed by atoms with Gasteiger partial charge in [0.2, 0.25) is 25.8 Å². The Bertz CT molecular complexity index is 1770. The van der Waals surface area contributed by atoms with E-state index >= 15 is 0 Å². The molecule has 0 aromatic heterocycles. The molecule has 0 bridgehead atoms. The second-order valence-corrected chi connectivity index (χ2v) is 12.6. The Kier molecular flexibility index (Phi) is 6.43. The first-order valence-electron chi connectivity index (χ1n) is 11.5. The van der Waals surface area contributed by atoms with Crippen molar-refractivity contribution in [3.63, 3.8) is 0 Å². The zero-order valence-corrected chi connectivity index (χ0v) is 22.3. The van der Waals surface area contributed by atoms with Gasteiger partial charge in [0, 0.05) is 16.9 Å². The van der Waals surface area contributed by atoms with Crippen molar-refractivity contribution in [2.75, 3.05) is 28.3 Å². The van der Waals surface area contributed by atoms with Crippen LogP contribution in [0.5, 0.6) is 5.75 Å². The lowest BCUT2D eigenvalue weighted by molar-refractivity contribution is -0.120. The molecule has 2 heterocycles. The highest BCUT2D eigenvalue weighted by molar-refractivity contribution is 7.94. The third kappa shape index (κ3) is 5.10. The van der Waals surface area contributed by atoms with Crippen LogP contribution in [0, 0.1) is 11.7 Å². The number of amides is 1. The molecule has 202 valence electrons. The number of carbonyl (C=O) groups is 2. The van der Waals surface area contributed by atoms with E-state index in [1.165, 1.54) is 54.5 Å². The van der Waals surface area contributed by atoms with Crippen molar-refractivity contribution >= 4 is 48.6 Å². The van der Waals surface area contributed by atoms with Gasteiger partial charge in [0.15, 0.2) is 5.78 Å².